The van der Waals surface area contributed by atoms with Crippen molar-refractivity contribution in [2.75, 3.05) is 6.54 Å². The number of thiophene rings is 1. The highest BCUT2D eigenvalue weighted by molar-refractivity contribution is 7.09. The van der Waals surface area contributed by atoms with Crippen LogP contribution in [0.2, 0.25) is 0 Å². The number of hydrogen-bond donors (Lipinski definition) is 3. The minimum Gasteiger partial charge on any atom is -0.480 e. The molecule has 0 aliphatic heterocycles. The van der Waals surface area contributed by atoms with Gasteiger partial charge in [-0.1, -0.05) is 26.3 Å². The predicted molar refractivity (Wildman–Crippen MR) is 75.4 cm³/mol. The Hall–Kier alpha value is -1.56. The van der Waals surface area contributed by atoms with Crippen LogP contribution in [-0.2, 0) is 11.2 Å². The summed E-state index contributed by atoms with van der Waals surface area (Å²) in [6.07, 6.45) is 1.46. The topological polar surface area (TPSA) is 78.4 Å². The number of rotatable bonds is 7. The summed E-state index contributed by atoms with van der Waals surface area (Å²) in [4.78, 5) is 23.9. The molecule has 0 radical (unpaired) electrons. The molecular formula is C13H20N2O3S. The maximum atomic E-state index is 11.6. The average Bonchev–Trinajstić information content (AvgIpc) is 2.87. The second kappa shape index (κ2) is 7.78. The summed E-state index contributed by atoms with van der Waals surface area (Å²) in [7, 11) is 0. The molecule has 1 rings (SSSR count). The molecular weight excluding hydrogens is 264 g/mol. The largest absolute Gasteiger partial charge is 0.480 e. The highest BCUT2D eigenvalue weighted by Crippen LogP contribution is 2.09. The van der Waals surface area contributed by atoms with Crippen LogP contribution in [0, 0.1) is 5.92 Å². The summed E-state index contributed by atoms with van der Waals surface area (Å²) in [5.74, 6) is -1.09. The van der Waals surface area contributed by atoms with Crippen LogP contribution in [0.1, 0.15) is 25.1 Å². The van der Waals surface area contributed by atoms with Crippen molar-refractivity contribution in [1.82, 2.24) is 10.6 Å². The first-order valence-electron chi connectivity index (χ1n) is 6.34. The molecule has 0 aliphatic rings. The molecule has 1 aromatic heterocycles. The van der Waals surface area contributed by atoms with Gasteiger partial charge in [-0.25, -0.2) is 9.59 Å². The zero-order chi connectivity index (χ0) is 14.3. The molecule has 0 bridgehead atoms. The first-order chi connectivity index (χ1) is 9.04. The third-order valence-electron chi connectivity index (χ3n) is 3.00. The van der Waals surface area contributed by atoms with Gasteiger partial charge in [-0.05, 0) is 23.8 Å². The molecule has 1 aromatic rings. The van der Waals surface area contributed by atoms with E-state index in [1.54, 1.807) is 11.3 Å². The Balaban J connectivity index is 2.34. The lowest BCUT2D eigenvalue weighted by molar-refractivity contribution is -0.140. The van der Waals surface area contributed by atoms with E-state index in [1.165, 1.54) is 4.88 Å². The highest BCUT2D eigenvalue weighted by atomic mass is 32.1. The molecule has 0 saturated heterocycles. The molecule has 0 aromatic carbocycles. The van der Waals surface area contributed by atoms with Crippen LogP contribution in [0.4, 0.5) is 4.79 Å². The number of hydrogen-bond acceptors (Lipinski definition) is 3. The third-order valence-corrected chi connectivity index (χ3v) is 3.94. The number of amides is 2. The van der Waals surface area contributed by atoms with Gasteiger partial charge in [0, 0.05) is 11.4 Å². The number of carbonyl (C=O) groups excluding carboxylic acids is 1. The summed E-state index contributed by atoms with van der Waals surface area (Å²) >= 11 is 1.64. The summed E-state index contributed by atoms with van der Waals surface area (Å²) in [5, 5.41) is 16.2. The van der Waals surface area contributed by atoms with Crippen LogP contribution in [0.5, 0.6) is 0 Å². The van der Waals surface area contributed by atoms with Crippen LogP contribution < -0.4 is 10.6 Å². The van der Waals surface area contributed by atoms with Crippen molar-refractivity contribution in [2.24, 2.45) is 5.92 Å². The first-order valence-corrected chi connectivity index (χ1v) is 7.22. The summed E-state index contributed by atoms with van der Waals surface area (Å²) < 4.78 is 0. The quantitative estimate of drug-likeness (QED) is 0.717. The van der Waals surface area contributed by atoms with Gasteiger partial charge < -0.3 is 15.7 Å². The van der Waals surface area contributed by atoms with Gasteiger partial charge >= 0.3 is 12.0 Å². The molecule has 5 nitrogen and oxygen atoms in total. The van der Waals surface area contributed by atoms with Crippen LogP contribution in [0.25, 0.3) is 0 Å². The van der Waals surface area contributed by atoms with E-state index in [0.717, 1.165) is 6.42 Å². The first kappa shape index (κ1) is 15.5. The lowest BCUT2D eigenvalue weighted by Gasteiger charge is -2.20. The van der Waals surface area contributed by atoms with Gasteiger partial charge in [0.1, 0.15) is 6.04 Å². The molecule has 2 atom stereocenters. The van der Waals surface area contributed by atoms with Crippen molar-refractivity contribution >= 4 is 23.3 Å². The van der Waals surface area contributed by atoms with Crippen molar-refractivity contribution in [3.05, 3.63) is 22.4 Å². The number of nitrogens with one attached hydrogen (secondary N) is 2. The smallest absolute Gasteiger partial charge is 0.326 e. The fraction of sp³-hybridized carbons (Fsp3) is 0.538. The lowest BCUT2D eigenvalue weighted by atomic mass is 9.99. The van der Waals surface area contributed by atoms with Crippen LogP contribution in [0.15, 0.2) is 17.5 Å². The number of carbonyl (C=O) groups is 2. The zero-order valence-corrected chi connectivity index (χ0v) is 12.0. The Kier molecular flexibility index (Phi) is 6.35. The highest BCUT2D eigenvalue weighted by Gasteiger charge is 2.24. The van der Waals surface area contributed by atoms with Crippen LogP contribution >= 0.6 is 11.3 Å². The Morgan fingerprint density at radius 1 is 1.47 bits per heavy atom. The maximum absolute atomic E-state index is 11.6. The van der Waals surface area contributed by atoms with Gasteiger partial charge in [-0.15, -0.1) is 11.3 Å². The van der Waals surface area contributed by atoms with Crippen LogP contribution in [-0.4, -0.2) is 29.7 Å². The van der Waals surface area contributed by atoms with Gasteiger partial charge in [-0.3, -0.25) is 0 Å². The monoisotopic (exact) mass is 284 g/mol. The molecule has 6 heteroatoms. The molecule has 3 N–H and O–H groups in total. The molecule has 0 spiro atoms. The minimum absolute atomic E-state index is 0.0967. The van der Waals surface area contributed by atoms with E-state index in [0.29, 0.717) is 13.0 Å². The van der Waals surface area contributed by atoms with Crippen molar-refractivity contribution in [2.45, 2.75) is 32.7 Å². The van der Waals surface area contributed by atoms with Gasteiger partial charge in [0.25, 0.3) is 0 Å². The van der Waals surface area contributed by atoms with E-state index in [2.05, 4.69) is 10.6 Å². The molecule has 0 saturated carbocycles. The molecule has 2 amide bonds. The van der Waals surface area contributed by atoms with E-state index in [1.807, 2.05) is 31.4 Å². The second-order valence-electron chi connectivity index (χ2n) is 4.43. The summed E-state index contributed by atoms with van der Waals surface area (Å²) in [6.45, 7) is 4.21. The van der Waals surface area contributed by atoms with Gasteiger partial charge in [0.15, 0.2) is 0 Å². The van der Waals surface area contributed by atoms with Gasteiger partial charge in [-0.2, -0.15) is 0 Å². The predicted octanol–water partition coefficient (Wildman–Crippen LogP) is 2.09. The van der Waals surface area contributed by atoms with Crippen molar-refractivity contribution in [3.8, 4) is 0 Å². The van der Waals surface area contributed by atoms with Crippen molar-refractivity contribution < 1.29 is 14.7 Å². The van der Waals surface area contributed by atoms with E-state index < -0.39 is 18.0 Å². The lowest BCUT2D eigenvalue weighted by Crippen LogP contribution is -2.49. The fourth-order valence-corrected chi connectivity index (χ4v) is 2.34. The molecule has 19 heavy (non-hydrogen) atoms. The Morgan fingerprint density at radius 2 is 2.21 bits per heavy atom. The molecule has 1 heterocycles. The number of carboxylic acid groups (broad SMARTS) is 1. The Labute approximate surface area is 117 Å². The number of urea groups is 1. The number of carboxylic acids is 1. The van der Waals surface area contributed by atoms with E-state index >= 15 is 0 Å². The molecule has 0 fully saturated rings. The normalized spacial score (nSPS) is 13.6. The minimum atomic E-state index is -0.997. The van der Waals surface area contributed by atoms with E-state index in [-0.39, 0.29) is 5.92 Å². The van der Waals surface area contributed by atoms with Crippen molar-refractivity contribution in [1.29, 1.82) is 0 Å². The SMILES string of the molecule is CCC(C)[C@H](NC(=O)NCCc1cccs1)C(=O)O. The third kappa shape index (κ3) is 5.30. The Morgan fingerprint density at radius 3 is 2.74 bits per heavy atom. The van der Waals surface area contributed by atoms with Gasteiger partial charge in [0.05, 0.1) is 0 Å². The average molecular weight is 284 g/mol. The van der Waals surface area contributed by atoms with E-state index in [4.69, 9.17) is 5.11 Å². The standard InChI is InChI=1S/C13H20N2O3S/c1-3-9(2)11(12(16)17)15-13(18)14-7-6-10-5-4-8-19-10/h4-5,8-9,11H,3,6-7H2,1-2H3,(H,16,17)(H2,14,15,18)/t9?,11-/m0/s1. The van der Waals surface area contributed by atoms with Crippen LogP contribution in [0.3, 0.4) is 0 Å². The maximum Gasteiger partial charge on any atom is 0.326 e. The van der Waals surface area contributed by atoms with Crippen molar-refractivity contribution in [3.63, 3.8) is 0 Å². The number of aliphatic carboxylic acids is 1. The van der Waals surface area contributed by atoms with E-state index in [9.17, 15) is 9.59 Å². The fourth-order valence-electron chi connectivity index (χ4n) is 1.63. The second-order valence-corrected chi connectivity index (χ2v) is 5.46. The summed E-state index contributed by atoms with van der Waals surface area (Å²) in [6, 6.07) is 2.70. The zero-order valence-electron chi connectivity index (χ0n) is 11.2. The Bertz CT molecular complexity index is 406. The molecule has 0 aliphatic carbocycles. The van der Waals surface area contributed by atoms with Gasteiger partial charge in [0.2, 0.25) is 0 Å². The molecule has 1 unspecified atom stereocenters. The summed E-state index contributed by atoms with van der Waals surface area (Å²) in [5.41, 5.74) is 0. The molecule has 106 valence electrons.